The molecule has 106 valence electrons. The van der Waals surface area contributed by atoms with Crippen molar-refractivity contribution in [3.63, 3.8) is 0 Å². The molecule has 0 unspecified atom stereocenters. The first-order chi connectivity index (χ1) is 9.63. The first-order valence-corrected chi connectivity index (χ1v) is 8.55. The second kappa shape index (κ2) is 4.66. The van der Waals surface area contributed by atoms with E-state index in [0.29, 0.717) is 12.2 Å². The van der Waals surface area contributed by atoms with Crippen LogP contribution in [-0.4, -0.2) is 10.8 Å². The van der Waals surface area contributed by atoms with Gasteiger partial charge in [-0.25, -0.2) is 0 Å². The molecule has 4 fully saturated rings. The van der Waals surface area contributed by atoms with E-state index in [1.54, 1.807) is 6.20 Å². The van der Waals surface area contributed by atoms with Gasteiger partial charge in [-0.3, -0.25) is 9.78 Å². The minimum Gasteiger partial charge on any atom is -0.299 e. The van der Waals surface area contributed by atoms with Crippen molar-refractivity contribution in [2.24, 2.45) is 23.2 Å². The molecule has 0 N–H and O–H groups in total. The molecule has 20 heavy (non-hydrogen) atoms. The maximum absolute atomic E-state index is 12.9. The van der Waals surface area contributed by atoms with Gasteiger partial charge in [0.05, 0.1) is 0 Å². The summed E-state index contributed by atoms with van der Waals surface area (Å²) in [5, 5.41) is 0. The van der Waals surface area contributed by atoms with Gasteiger partial charge in [0.1, 0.15) is 5.78 Å². The Morgan fingerprint density at radius 2 is 1.75 bits per heavy atom. The fourth-order valence-electron chi connectivity index (χ4n) is 5.38. The number of rotatable bonds is 3. The van der Waals surface area contributed by atoms with Gasteiger partial charge in [0.15, 0.2) is 0 Å². The average molecular weight is 334 g/mol. The summed E-state index contributed by atoms with van der Waals surface area (Å²) in [5.41, 5.74) is 1.08. The van der Waals surface area contributed by atoms with Crippen LogP contribution in [0.15, 0.2) is 22.9 Å². The number of hydrogen-bond acceptors (Lipinski definition) is 2. The summed E-state index contributed by atoms with van der Waals surface area (Å²) in [5.74, 6) is 3.00. The van der Waals surface area contributed by atoms with E-state index in [4.69, 9.17) is 0 Å². The standard InChI is InChI=1S/C17H20BrNO/c18-15-4-14(9-19-10-15)5-16(20)17-6-11-1-12(7-17)3-13(2-11)8-17/h4,9-13H,1-3,5-8H2. The lowest BCUT2D eigenvalue weighted by Crippen LogP contribution is -2.50. The van der Waals surface area contributed by atoms with Gasteiger partial charge in [-0.2, -0.15) is 0 Å². The van der Waals surface area contributed by atoms with E-state index >= 15 is 0 Å². The van der Waals surface area contributed by atoms with Crippen molar-refractivity contribution in [1.82, 2.24) is 4.98 Å². The van der Waals surface area contributed by atoms with E-state index in [1.165, 1.54) is 38.5 Å². The fourth-order valence-corrected chi connectivity index (χ4v) is 5.79. The Bertz CT molecular complexity index is 518. The fraction of sp³-hybridized carbons (Fsp3) is 0.647. The second-order valence-electron chi connectivity index (χ2n) is 7.31. The van der Waals surface area contributed by atoms with Crippen LogP contribution in [0.4, 0.5) is 0 Å². The first kappa shape index (κ1) is 13.0. The largest absolute Gasteiger partial charge is 0.299 e. The topological polar surface area (TPSA) is 30.0 Å². The third-order valence-corrected chi connectivity index (χ3v) is 6.19. The van der Waals surface area contributed by atoms with Crippen molar-refractivity contribution in [3.05, 3.63) is 28.5 Å². The molecular weight excluding hydrogens is 314 g/mol. The van der Waals surface area contributed by atoms with Gasteiger partial charge in [0.2, 0.25) is 0 Å². The van der Waals surface area contributed by atoms with E-state index in [0.717, 1.165) is 27.8 Å². The number of carbonyl (C=O) groups excluding carboxylic acids is 1. The zero-order valence-electron chi connectivity index (χ0n) is 11.6. The molecule has 4 aliphatic carbocycles. The van der Waals surface area contributed by atoms with Crippen LogP contribution in [0.2, 0.25) is 0 Å². The van der Waals surface area contributed by atoms with Gasteiger partial charge in [-0.05, 0) is 83.8 Å². The van der Waals surface area contributed by atoms with Crippen LogP contribution < -0.4 is 0 Å². The zero-order chi connectivity index (χ0) is 13.7. The Labute approximate surface area is 128 Å². The summed E-state index contributed by atoms with van der Waals surface area (Å²) in [6, 6.07) is 2.03. The number of carbonyl (C=O) groups is 1. The minimum absolute atomic E-state index is 0.0249. The first-order valence-electron chi connectivity index (χ1n) is 7.76. The summed E-state index contributed by atoms with van der Waals surface area (Å²) in [7, 11) is 0. The normalized spacial score (nSPS) is 38.1. The molecule has 1 aromatic heterocycles. The molecule has 0 saturated heterocycles. The van der Waals surface area contributed by atoms with Crippen molar-refractivity contribution >= 4 is 21.7 Å². The molecule has 4 saturated carbocycles. The number of nitrogens with zero attached hydrogens (tertiary/aromatic N) is 1. The lowest BCUT2D eigenvalue weighted by atomic mass is 9.48. The van der Waals surface area contributed by atoms with Gasteiger partial charge in [0, 0.05) is 28.7 Å². The molecule has 3 heteroatoms. The van der Waals surface area contributed by atoms with Crippen molar-refractivity contribution in [1.29, 1.82) is 0 Å². The number of aromatic nitrogens is 1. The van der Waals surface area contributed by atoms with Gasteiger partial charge in [-0.1, -0.05) is 0 Å². The molecule has 0 aliphatic heterocycles. The average Bonchev–Trinajstić information content (AvgIpc) is 2.37. The lowest BCUT2D eigenvalue weighted by molar-refractivity contribution is -0.143. The highest BCUT2D eigenvalue weighted by Crippen LogP contribution is 2.60. The maximum Gasteiger partial charge on any atom is 0.143 e. The monoisotopic (exact) mass is 333 g/mol. The van der Waals surface area contributed by atoms with Crippen LogP contribution in [0.1, 0.15) is 44.1 Å². The molecule has 4 aliphatic rings. The van der Waals surface area contributed by atoms with Crippen LogP contribution >= 0.6 is 15.9 Å². The van der Waals surface area contributed by atoms with Crippen LogP contribution in [0.5, 0.6) is 0 Å². The smallest absolute Gasteiger partial charge is 0.143 e. The number of hydrogen-bond donors (Lipinski definition) is 0. The predicted octanol–water partition coefficient (Wildman–Crippen LogP) is 4.17. The minimum atomic E-state index is 0.0249. The Balaban J connectivity index is 1.56. The summed E-state index contributed by atoms with van der Waals surface area (Å²) in [4.78, 5) is 17.1. The second-order valence-corrected chi connectivity index (χ2v) is 8.22. The third kappa shape index (κ3) is 2.14. The van der Waals surface area contributed by atoms with Gasteiger partial charge in [-0.15, -0.1) is 0 Å². The Morgan fingerprint density at radius 3 is 2.30 bits per heavy atom. The molecule has 0 radical (unpaired) electrons. The SMILES string of the molecule is O=C(Cc1cncc(Br)c1)C12CC3CC(CC(C3)C1)C2. The zero-order valence-corrected chi connectivity index (χ0v) is 13.2. The summed E-state index contributed by atoms with van der Waals surface area (Å²) in [6.07, 6.45) is 11.9. The molecule has 2 nitrogen and oxygen atoms in total. The van der Waals surface area contributed by atoms with E-state index < -0.39 is 0 Å². The van der Waals surface area contributed by atoms with E-state index in [2.05, 4.69) is 20.9 Å². The third-order valence-electron chi connectivity index (χ3n) is 5.76. The predicted molar refractivity (Wildman–Crippen MR) is 81.3 cm³/mol. The van der Waals surface area contributed by atoms with Crippen LogP contribution in [-0.2, 0) is 11.2 Å². The van der Waals surface area contributed by atoms with Crippen LogP contribution in [0.25, 0.3) is 0 Å². The van der Waals surface area contributed by atoms with E-state index in [-0.39, 0.29) is 5.41 Å². The van der Waals surface area contributed by atoms with Gasteiger partial charge in [0.25, 0.3) is 0 Å². The highest BCUT2D eigenvalue weighted by molar-refractivity contribution is 9.10. The number of ketones is 1. The highest BCUT2D eigenvalue weighted by atomic mass is 79.9. The molecule has 0 amide bonds. The Hall–Kier alpha value is -0.700. The Kier molecular flexibility index (Phi) is 3.03. The molecule has 5 rings (SSSR count). The number of Topliss-reactive ketones (excluding diaryl/α,β-unsaturated/α-hetero) is 1. The van der Waals surface area contributed by atoms with Crippen molar-refractivity contribution in [3.8, 4) is 0 Å². The molecule has 1 aromatic rings. The lowest BCUT2D eigenvalue weighted by Gasteiger charge is -2.56. The molecule has 4 bridgehead atoms. The van der Waals surface area contributed by atoms with Crippen LogP contribution in [0.3, 0.4) is 0 Å². The van der Waals surface area contributed by atoms with Gasteiger partial charge >= 0.3 is 0 Å². The highest BCUT2D eigenvalue weighted by Gasteiger charge is 2.53. The number of halogens is 1. The van der Waals surface area contributed by atoms with Crippen molar-refractivity contribution in [2.45, 2.75) is 44.9 Å². The molecule has 0 atom stereocenters. The molecule has 0 spiro atoms. The summed E-state index contributed by atoms with van der Waals surface area (Å²) < 4.78 is 0.966. The summed E-state index contributed by atoms with van der Waals surface area (Å²) >= 11 is 3.44. The van der Waals surface area contributed by atoms with E-state index in [9.17, 15) is 4.79 Å². The maximum atomic E-state index is 12.9. The molecule has 1 heterocycles. The molecular formula is C17H20BrNO. The Morgan fingerprint density at radius 1 is 1.15 bits per heavy atom. The van der Waals surface area contributed by atoms with Crippen molar-refractivity contribution in [2.75, 3.05) is 0 Å². The van der Waals surface area contributed by atoms with E-state index in [1.807, 2.05) is 12.3 Å². The van der Waals surface area contributed by atoms with Gasteiger partial charge < -0.3 is 0 Å². The molecule has 0 aromatic carbocycles. The summed E-state index contributed by atoms with van der Waals surface area (Å²) in [6.45, 7) is 0. The quantitative estimate of drug-likeness (QED) is 0.830. The number of pyridine rings is 1. The van der Waals surface area contributed by atoms with Crippen LogP contribution in [0, 0.1) is 23.2 Å². The van der Waals surface area contributed by atoms with Crippen molar-refractivity contribution < 1.29 is 4.79 Å².